The van der Waals surface area contributed by atoms with E-state index in [0.717, 1.165) is 11.4 Å². The van der Waals surface area contributed by atoms with Gasteiger partial charge in [0.15, 0.2) is 0 Å². The summed E-state index contributed by atoms with van der Waals surface area (Å²) in [5.41, 5.74) is 13.7. The summed E-state index contributed by atoms with van der Waals surface area (Å²) >= 11 is 0. The molecule has 1 heteroatoms. The third-order valence-corrected chi connectivity index (χ3v) is 10.2. The van der Waals surface area contributed by atoms with E-state index in [1.807, 2.05) is 0 Å². The van der Waals surface area contributed by atoms with Crippen LogP contribution in [-0.2, 0) is 5.41 Å². The lowest BCUT2D eigenvalue weighted by atomic mass is 9.81. The number of hydrogen-bond donors (Lipinski definition) is 0. The molecule has 48 heavy (non-hydrogen) atoms. The van der Waals surface area contributed by atoms with Gasteiger partial charge in [-0.2, -0.15) is 0 Å². The second-order valence-corrected chi connectivity index (χ2v) is 13.4. The van der Waals surface area contributed by atoms with Gasteiger partial charge in [0.05, 0.1) is 5.69 Å². The second-order valence-electron chi connectivity index (χ2n) is 13.4. The smallest absolute Gasteiger partial charge is 0.0546 e. The molecule has 0 N–H and O–H groups in total. The van der Waals surface area contributed by atoms with Crippen molar-refractivity contribution in [1.82, 2.24) is 0 Å². The topological polar surface area (TPSA) is 3.24 Å². The maximum atomic E-state index is 2.46. The van der Waals surface area contributed by atoms with Crippen LogP contribution in [-0.4, -0.2) is 0 Å². The van der Waals surface area contributed by atoms with Crippen molar-refractivity contribution >= 4 is 38.6 Å². The molecule has 228 valence electrons. The molecule has 0 saturated carbocycles. The molecule has 0 spiro atoms. The summed E-state index contributed by atoms with van der Waals surface area (Å²) in [4.78, 5) is 2.43. The normalized spacial score (nSPS) is 13.0. The Morgan fingerprint density at radius 3 is 1.48 bits per heavy atom. The van der Waals surface area contributed by atoms with Crippen LogP contribution >= 0.6 is 0 Å². The largest absolute Gasteiger partial charge is 0.310 e. The van der Waals surface area contributed by atoms with Crippen LogP contribution in [0.3, 0.4) is 0 Å². The molecule has 0 unspecified atom stereocenters. The monoisotopic (exact) mass is 613 g/mol. The highest BCUT2D eigenvalue weighted by Crippen LogP contribution is 2.51. The molecule has 0 fully saturated rings. The van der Waals surface area contributed by atoms with Crippen LogP contribution in [0.15, 0.2) is 176 Å². The van der Waals surface area contributed by atoms with Crippen molar-refractivity contribution < 1.29 is 0 Å². The number of fused-ring (bicyclic) bond motifs is 6. The number of benzene rings is 8. The molecule has 0 aliphatic heterocycles. The van der Waals surface area contributed by atoms with Crippen LogP contribution < -0.4 is 4.90 Å². The third-order valence-electron chi connectivity index (χ3n) is 10.2. The summed E-state index contributed by atoms with van der Waals surface area (Å²) in [6.07, 6.45) is 0. The Morgan fingerprint density at radius 1 is 0.375 bits per heavy atom. The minimum Gasteiger partial charge on any atom is -0.310 e. The first-order valence-corrected chi connectivity index (χ1v) is 16.8. The fourth-order valence-electron chi connectivity index (χ4n) is 7.76. The molecule has 0 aromatic heterocycles. The molecule has 0 bridgehead atoms. The first-order chi connectivity index (χ1) is 23.6. The van der Waals surface area contributed by atoms with E-state index in [0.29, 0.717) is 0 Å². The first kappa shape index (κ1) is 28.3. The zero-order chi connectivity index (χ0) is 32.2. The standard InChI is InChI=1S/C47H35N/c1-47(2)44-20-12-11-18-40(44)43-29-36-30-46(41-19-10-9-17-39(41)42(36)31-45(43)47)48(37-25-21-34(22-26-37)32-13-5-3-6-14-32)38-27-23-35(24-28-38)33-15-7-4-8-16-33/h3-31H,1-2H3. The maximum Gasteiger partial charge on any atom is 0.0546 e. The maximum absolute atomic E-state index is 2.46. The Labute approximate surface area is 282 Å². The molecule has 0 saturated heterocycles. The van der Waals surface area contributed by atoms with Gasteiger partial charge in [0.25, 0.3) is 0 Å². The van der Waals surface area contributed by atoms with E-state index in [1.165, 1.54) is 71.7 Å². The predicted octanol–water partition coefficient (Wildman–Crippen LogP) is 13.1. The lowest BCUT2D eigenvalue weighted by Gasteiger charge is -2.28. The number of anilines is 3. The molecular formula is C47H35N. The Morgan fingerprint density at radius 2 is 0.875 bits per heavy atom. The summed E-state index contributed by atoms with van der Waals surface area (Å²) in [7, 11) is 0. The first-order valence-electron chi connectivity index (χ1n) is 16.8. The van der Waals surface area contributed by atoms with E-state index in [-0.39, 0.29) is 5.41 Å². The van der Waals surface area contributed by atoms with Crippen molar-refractivity contribution in [3.8, 4) is 33.4 Å². The summed E-state index contributed by atoms with van der Waals surface area (Å²) in [5, 5.41) is 5.05. The van der Waals surface area contributed by atoms with Crippen molar-refractivity contribution in [3.63, 3.8) is 0 Å². The third kappa shape index (κ3) is 4.54. The van der Waals surface area contributed by atoms with Crippen LogP contribution in [0.25, 0.3) is 54.9 Å². The summed E-state index contributed by atoms with van der Waals surface area (Å²) in [6.45, 7) is 4.72. The van der Waals surface area contributed by atoms with E-state index < -0.39 is 0 Å². The zero-order valence-corrected chi connectivity index (χ0v) is 27.2. The minimum absolute atomic E-state index is 0.0487. The van der Waals surface area contributed by atoms with Crippen molar-refractivity contribution in [3.05, 3.63) is 187 Å². The molecule has 1 aliphatic rings. The van der Waals surface area contributed by atoms with Crippen LogP contribution in [0, 0.1) is 0 Å². The molecule has 8 aromatic carbocycles. The van der Waals surface area contributed by atoms with Crippen molar-refractivity contribution in [2.75, 3.05) is 4.90 Å². The highest BCUT2D eigenvalue weighted by atomic mass is 15.1. The summed E-state index contributed by atoms with van der Waals surface area (Å²) in [6, 6.07) is 64.3. The molecule has 0 atom stereocenters. The molecule has 1 aliphatic carbocycles. The second kappa shape index (κ2) is 11.1. The Hall–Kier alpha value is -5.92. The number of hydrogen-bond acceptors (Lipinski definition) is 1. The van der Waals surface area contributed by atoms with Crippen molar-refractivity contribution in [1.29, 1.82) is 0 Å². The fraction of sp³-hybridized carbons (Fsp3) is 0.0638. The van der Waals surface area contributed by atoms with E-state index >= 15 is 0 Å². The van der Waals surface area contributed by atoms with Gasteiger partial charge in [-0.15, -0.1) is 0 Å². The average Bonchev–Trinajstić information content (AvgIpc) is 3.37. The van der Waals surface area contributed by atoms with Gasteiger partial charge in [0.1, 0.15) is 0 Å². The minimum atomic E-state index is -0.0487. The number of nitrogens with zero attached hydrogens (tertiary/aromatic N) is 1. The summed E-state index contributed by atoms with van der Waals surface area (Å²) in [5.74, 6) is 0. The van der Waals surface area contributed by atoms with Crippen molar-refractivity contribution in [2.24, 2.45) is 0 Å². The van der Waals surface area contributed by atoms with Gasteiger partial charge in [-0.3, -0.25) is 0 Å². The lowest BCUT2D eigenvalue weighted by Crippen LogP contribution is -2.15. The van der Waals surface area contributed by atoms with E-state index in [2.05, 4.69) is 195 Å². The molecule has 8 aromatic rings. The van der Waals surface area contributed by atoms with Gasteiger partial charge in [-0.1, -0.05) is 147 Å². The molecule has 9 rings (SSSR count). The van der Waals surface area contributed by atoms with E-state index in [1.54, 1.807) is 0 Å². The van der Waals surface area contributed by atoms with E-state index in [9.17, 15) is 0 Å². The van der Waals surface area contributed by atoms with Crippen LogP contribution in [0.5, 0.6) is 0 Å². The van der Waals surface area contributed by atoms with Gasteiger partial charge < -0.3 is 4.90 Å². The van der Waals surface area contributed by atoms with Crippen molar-refractivity contribution in [2.45, 2.75) is 19.3 Å². The Balaban J connectivity index is 1.27. The average molecular weight is 614 g/mol. The van der Waals surface area contributed by atoms with Gasteiger partial charge >= 0.3 is 0 Å². The zero-order valence-electron chi connectivity index (χ0n) is 27.2. The highest BCUT2D eigenvalue weighted by Gasteiger charge is 2.35. The van der Waals surface area contributed by atoms with Crippen LogP contribution in [0.4, 0.5) is 17.1 Å². The molecule has 0 radical (unpaired) electrons. The number of rotatable bonds is 5. The van der Waals surface area contributed by atoms with Crippen LogP contribution in [0.1, 0.15) is 25.0 Å². The Kier molecular flexibility index (Phi) is 6.55. The molecule has 0 heterocycles. The van der Waals surface area contributed by atoms with Gasteiger partial charge in [0, 0.05) is 22.2 Å². The van der Waals surface area contributed by atoms with Gasteiger partial charge in [-0.05, 0) is 103 Å². The molecule has 0 amide bonds. The van der Waals surface area contributed by atoms with Crippen LogP contribution in [0.2, 0.25) is 0 Å². The van der Waals surface area contributed by atoms with E-state index in [4.69, 9.17) is 0 Å². The van der Waals surface area contributed by atoms with Gasteiger partial charge in [-0.25, -0.2) is 0 Å². The quantitative estimate of drug-likeness (QED) is 0.175. The molecular weight excluding hydrogens is 579 g/mol. The lowest BCUT2D eigenvalue weighted by molar-refractivity contribution is 0.661. The summed E-state index contributed by atoms with van der Waals surface area (Å²) < 4.78 is 0. The highest BCUT2D eigenvalue weighted by molar-refractivity contribution is 6.16. The van der Waals surface area contributed by atoms with Gasteiger partial charge in [0.2, 0.25) is 0 Å². The Bertz CT molecular complexity index is 2360. The fourth-order valence-corrected chi connectivity index (χ4v) is 7.76. The SMILES string of the molecule is CC1(C)c2ccccc2-c2cc3cc(N(c4ccc(-c5ccccc5)cc4)c4ccc(-c5ccccc5)cc4)c4ccccc4c3cc21. The molecule has 1 nitrogen and oxygen atoms in total. The predicted molar refractivity (Wildman–Crippen MR) is 205 cm³/mol.